The first-order valence-electron chi connectivity index (χ1n) is 11.9. The number of nitrogen functional groups attached to an aromatic ring is 2. The smallest absolute Gasteiger partial charge is 0.229 e. The second-order valence-corrected chi connectivity index (χ2v) is 9.68. The summed E-state index contributed by atoms with van der Waals surface area (Å²) in [5, 5.41) is 0. The van der Waals surface area contributed by atoms with Crippen molar-refractivity contribution in [3.05, 3.63) is 46.5 Å². The summed E-state index contributed by atoms with van der Waals surface area (Å²) in [6.45, 7) is 12.9. The number of nitrogens with two attached hydrogens (primary N) is 2. The molecule has 2 atom stereocenters. The Balaban J connectivity index is 0.000000186. The van der Waals surface area contributed by atoms with Gasteiger partial charge in [-0.2, -0.15) is 0 Å². The minimum Gasteiger partial charge on any atom is -0.398 e. The molecule has 0 radical (unpaired) electrons. The van der Waals surface area contributed by atoms with Crippen LogP contribution in [0.15, 0.2) is 24.3 Å². The third kappa shape index (κ3) is 5.15. The maximum atomic E-state index is 12.0. The van der Waals surface area contributed by atoms with Crippen LogP contribution in [0.4, 0.5) is 22.7 Å². The predicted octanol–water partition coefficient (Wildman–Crippen LogP) is 5.05. The summed E-state index contributed by atoms with van der Waals surface area (Å²) in [5.41, 5.74) is 19.7. The van der Waals surface area contributed by atoms with E-state index < -0.39 is 0 Å². The number of aryl methyl sites for hydroxylation is 4. The molecule has 2 aromatic rings. The number of carbonyl (C=O) groups is 2. The Morgan fingerprint density at radius 1 is 0.788 bits per heavy atom. The number of piperidine rings is 1. The molecule has 2 heterocycles. The van der Waals surface area contributed by atoms with Crippen molar-refractivity contribution in [2.24, 2.45) is 5.92 Å². The summed E-state index contributed by atoms with van der Waals surface area (Å²) < 4.78 is 0. The Kier molecular flexibility index (Phi) is 7.35. The fourth-order valence-corrected chi connectivity index (χ4v) is 4.74. The highest BCUT2D eigenvalue weighted by atomic mass is 16.2. The fourth-order valence-electron chi connectivity index (χ4n) is 4.74. The predicted molar refractivity (Wildman–Crippen MR) is 138 cm³/mol. The summed E-state index contributed by atoms with van der Waals surface area (Å²) >= 11 is 0. The molecule has 0 bridgehead atoms. The molecule has 4 N–H and O–H groups in total. The minimum atomic E-state index is 0.141. The molecule has 6 nitrogen and oxygen atoms in total. The largest absolute Gasteiger partial charge is 0.398 e. The zero-order valence-electron chi connectivity index (χ0n) is 20.9. The molecule has 0 spiro atoms. The van der Waals surface area contributed by atoms with Gasteiger partial charge < -0.3 is 21.3 Å². The van der Waals surface area contributed by atoms with Crippen molar-refractivity contribution >= 4 is 34.6 Å². The van der Waals surface area contributed by atoms with Gasteiger partial charge in [-0.05, 0) is 88.3 Å². The third-order valence-electron chi connectivity index (χ3n) is 6.91. The van der Waals surface area contributed by atoms with Crippen molar-refractivity contribution < 1.29 is 9.59 Å². The fraction of sp³-hybridized carbons (Fsp3) is 0.481. The Morgan fingerprint density at radius 2 is 1.33 bits per heavy atom. The average molecular weight is 451 g/mol. The number of anilines is 4. The molecule has 2 aromatic carbocycles. The number of carbonyl (C=O) groups excluding carboxylic acids is 2. The Morgan fingerprint density at radius 3 is 1.85 bits per heavy atom. The van der Waals surface area contributed by atoms with E-state index in [1.54, 1.807) is 0 Å². The molecule has 2 amide bonds. The molecule has 178 valence electrons. The van der Waals surface area contributed by atoms with Gasteiger partial charge in [-0.3, -0.25) is 9.59 Å². The van der Waals surface area contributed by atoms with Crippen LogP contribution in [-0.4, -0.2) is 24.4 Å². The Bertz CT molecular complexity index is 1060. The van der Waals surface area contributed by atoms with Gasteiger partial charge in [0.1, 0.15) is 0 Å². The lowest BCUT2D eigenvalue weighted by Gasteiger charge is -2.34. The number of hydrogen-bond acceptors (Lipinski definition) is 4. The second-order valence-electron chi connectivity index (χ2n) is 9.68. The van der Waals surface area contributed by atoms with E-state index in [9.17, 15) is 9.59 Å². The molecule has 2 fully saturated rings. The van der Waals surface area contributed by atoms with Crippen molar-refractivity contribution in [3.63, 3.8) is 0 Å². The van der Waals surface area contributed by atoms with Crippen LogP contribution in [-0.2, 0) is 9.59 Å². The van der Waals surface area contributed by atoms with E-state index in [1.165, 1.54) is 0 Å². The van der Waals surface area contributed by atoms with Gasteiger partial charge in [-0.15, -0.1) is 0 Å². The molecule has 6 heteroatoms. The Labute approximate surface area is 197 Å². The van der Waals surface area contributed by atoms with E-state index >= 15 is 0 Å². The number of benzene rings is 2. The molecule has 0 aliphatic carbocycles. The molecule has 2 aliphatic rings. The zero-order chi connectivity index (χ0) is 24.4. The van der Waals surface area contributed by atoms with E-state index in [-0.39, 0.29) is 23.8 Å². The molecule has 2 unspecified atom stereocenters. The topological polar surface area (TPSA) is 92.7 Å². The first kappa shape index (κ1) is 24.6. The van der Waals surface area contributed by atoms with Gasteiger partial charge in [0.25, 0.3) is 0 Å². The van der Waals surface area contributed by atoms with Crippen molar-refractivity contribution in [3.8, 4) is 0 Å². The summed E-state index contributed by atoms with van der Waals surface area (Å²) in [7, 11) is 0. The number of rotatable bonds is 2. The minimum absolute atomic E-state index is 0.141. The van der Waals surface area contributed by atoms with Crippen molar-refractivity contribution in [1.82, 2.24) is 0 Å². The quantitative estimate of drug-likeness (QED) is 0.626. The first-order valence-corrected chi connectivity index (χ1v) is 11.9. The van der Waals surface area contributed by atoms with Gasteiger partial charge in [-0.25, -0.2) is 0 Å². The van der Waals surface area contributed by atoms with Gasteiger partial charge in [0.15, 0.2) is 0 Å². The summed E-state index contributed by atoms with van der Waals surface area (Å²) in [6, 6.07) is 8.22. The average Bonchev–Trinajstić information content (AvgIpc) is 3.07. The summed E-state index contributed by atoms with van der Waals surface area (Å²) in [4.78, 5) is 27.7. The van der Waals surface area contributed by atoms with Crippen molar-refractivity contribution in [2.45, 2.75) is 73.3 Å². The monoisotopic (exact) mass is 450 g/mol. The van der Waals surface area contributed by atoms with E-state index in [0.29, 0.717) is 6.42 Å². The van der Waals surface area contributed by atoms with Crippen LogP contribution >= 0.6 is 0 Å². The number of amides is 2. The lowest BCUT2D eigenvalue weighted by Crippen LogP contribution is -2.42. The van der Waals surface area contributed by atoms with Crippen molar-refractivity contribution in [1.29, 1.82) is 0 Å². The number of hydrogen-bond donors (Lipinski definition) is 2. The van der Waals surface area contributed by atoms with E-state index in [1.807, 2.05) is 62.6 Å². The van der Waals surface area contributed by atoms with Crippen LogP contribution in [0.5, 0.6) is 0 Å². The lowest BCUT2D eigenvalue weighted by molar-refractivity contribution is -0.120. The van der Waals surface area contributed by atoms with Gasteiger partial charge >= 0.3 is 0 Å². The van der Waals surface area contributed by atoms with Gasteiger partial charge in [-0.1, -0.05) is 19.1 Å². The molecule has 0 saturated carbocycles. The molecular weight excluding hydrogens is 412 g/mol. The first-order chi connectivity index (χ1) is 15.5. The second kappa shape index (κ2) is 9.86. The molecule has 2 saturated heterocycles. The van der Waals surface area contributed by atoms with Gasteiger partial charge in [0.05, 0.1) is 0 Å². The maximum Gasteiger partial charge on any atom is 0.229 e. The van der Waals surface area contributed by atoms with Crippen LogP contribution in [0, 0.1) is 33.6 Å². The standard InChI is InChI=1S/C14H20N2O.C13H18N2O/c1-9-7-10(2)13(8-12(9)15)16-11(3)5-4-6-14(16)17;1-8-4-5-15(13(8)16)12-7-11(14)9(2)6-10(12)3/h7-8,11H,4-6,15H2,1-3H3;6-8H,4-5,14H2,1-3H3. The van der Waals surface area contributed by atoms with Crippen molar-refractivity contribution in [2.75, 3.05) is 27.8 Å². The molecule has 0 aromatic heterocycles. The highest BCUT2D eigenvalue weighted by Gasteiger charge is 2.30. The van der Waals surface area contributed by atoms with Gasteiger partial charge in [0, 0.05) is 47.7 Å². The van der Waals surface area contributed by atoms with Crippen LogP contribution in [0.25, 0.3) is 0 Å². The normalized spacial score (nSPS) is 20.7. The molecule has 4 rings (SSSR count). The van der Waals surface area contributed by atoms with E-state index in [0.717, 1.165) is 70.8 Å². The van der Waals surface area contributed by atoms with Crippen LogP contribution < -0.4 is 21.3 Å². The van der Waals surface area contributed by atoms with Gasteiger partial charge in [0.2, 0.25) is 11.8 Å². The molecule has 33 heavy (non-hydrogen) atoms. The lowest BCUT2D eigenvalue weighted by atomic mass is 9.99. The molecule has 2 aliphatic heterocycles. The van der Waals surface area contributed by atoms with Crippen LogP contribution in [0.3, 0.4) is 0 Å². The Hall–Kier alpha value is -3.02. The SMILES string of the molecule is Cc1cc(C)c(N2C(=O)CCCC2C)cc1N.Cc1cc(C)c(N2CCC(C)C2=O)cc1N. The van der Waals surface area contributed by atoms with Crippen LogP contribution in [0.1, 0.15) is 61.8 Å². The van der Waals surface area contributed by atoms with E-state index in [4.69, 9.17) is 11.5 Å². The highest BCUT2D eigenvalue weighted by molar-refractivity contribution is 5.98. The maximum absolute atomic E-state index is 12.0. The third-order valence-corrected chi connectivity index (χ3v) is 6.91. The highest BCUT2D eigenvalue weighted by Crippen LogP contribution is 2.32. The molecular formula is C27H38N4O2. The summed E-state index contributed by atoms with van der Waals surface area (Å²) in [5.74, 6) is 0.573. The zero-order valence-corrected chi connectivity index (χ0v) is 20.9. The summed E-state index contributed by atoms with van der Waals surface area (Å²) in [6.07, 6.45) is 3.65. The van der Waals surface area contributed by atoms with Crippen LogP contribution in [0.2, 0.25) is 0 Å². The number of nitrogens with zero attached hydrogens (tertiary/aromatic N) is 2. The van der Waals surface area contributed by atoms with E-state index in [2.05, 4.69) is 13.0 Å².